The molecule has 0 fully saturated rings. The minimum absolute atomic E-state index is 0.0307. The number of nitrogens with zero attached hydrogens (tertiary/aromatic N) is 2. The fourth-order valence-electron chi connectivity index (χ4n) is 3.61. The van der Waals surface area contributed by atoms with Crippen molar-refractivity contribution in [2.24, 2.45) is 5.73 Å². The van der Waals surface area contributed by atoms with E-state index in [4.69, 9.17) is 10.5 Å². The number of nitriles is 1. The Bertz CT molecular complexity index is 1030. The molecule has 0 radical (unpaired) electrons. The van der Waals surface area contributed by atoms with Gasteiger partial charge < -0.3 is 10.5 Å². The summed E-state index contributed by atoms with van der Waals surface area (Å²) in [6, 6.07) is 10.0. The van der Waals surface area contributed by atoms with Gasteiger partial charge in [-0.05, 0) is 35.7 Å². The van der Waals surface area contributed by atoms with E-state index >= 15 is 0 Å². The van der Waals surface area contributed by atoms with Crippen LogP contribution in [0.1, 0.15) is 30.7 Å². The number of carbonyl (C=O) groups excluding carboxylic acids is 1. The van der Waals surface area contributed by atoms with Crippen LogP contribution < -0.4 is 5.73 Å². The number of benzene rings is 1. The number of aromatic nitrogens is 1. The Morgan fingerprint density at radius 1 is 1.19 bits per heavy atom. The van der Waals surface area contributed by atoms with Crippen LogP contribution in [-0.2, 0) is 9.53 Å². The third kappa shape index (κ3) is 2.97. The Hall–Kier alpha value is -3.46. The molecule has 0 spiro atoms. The van der Waals surface area contributed by atoms with Crippen molar-refractivity contribution in [3.8, 4) is 17.2 Å². The summed E-state index contributed by atoms with van der Waals surface area (Å²) in [7, 11) is 0. The quantitative estimate of drug-likeness (QED) is 0.881. The number of ether oxygens (including phenoxy) is 1. The molecule has 2 heterocycles. The number of Topliss-reactive ketones (excluding diaryl/α,β-unsaturated/α-hetero) is 1. The fraction of sp³-hybridized carbons (Fsp3) is 0.190. The number of allylic oxidation sites excluding steroid dienone is 3. The molecule has 1 aliphatic carbocycles. The SMILES string of the molecule is N#CC1=C(N)OC2=C(C(=O)CCC2)[C@H]1c1cncc(-c2ccc(F)cc2)c1. The van der Waals surface area contributed by atoms with Crippen molar-refractivity contribution in [2.75, 3.05) is 0 Å². The Morgan fingerprint density at radius 3 is 2.70 bits per heavy atom. The van der Waals surface area contributed by atoms with Gasteiger partial charge in [-0.3, -0.25) is 9.78 Å². The number of halogens is 1. The first-order valence-electron chi connectivity index (χ1n) is 8.63. The maximum absolute atomic E-state index is 13.2. The van der Waals surface area contributed by atoms with Gasteiger partial charge in [0, 0.05) is 36.4 Å². The molecule has 2 aromatic rings. The number of pyridine rings is 1. The van der Waals surface area contributed by atoms with Crippen LogP contribution >= 0.6 is 0 Å². The van der Waals surface area contributed by atoms with E-state index in [0.717, 1.165) is 11.1 Å². The molecule has 1 atom stereocenters. The van der Waals surface area contributed by atoms with E-state index < -0.39 is 5.92 Å². The molecule has 2 N–H and O–H groups in total. The van der Waals surface area contributed by atoms with Crippen molar-refractivity contribution < 1.29 is 13.9 Å². The zero-order valence-electron chi connectivity index (χ0n) is 14.4. The predicted octanol–water partition coefficient (Wildman–Crippen LogP) is 3.70. The molecule has 1 aromatic heterocycles. The number of rotatable bonds is 2. The topological polar surface area (TPSA) is 89.0 Å². The first kappa shape index (κ1) is 17.0. The van der Waals surface area contributed by atoms with Gasteiger partial charge in [-0.2, -0.15) is 5.26 Å². The maximum atomic E-state index is 13.2. The van der Waals surface area contributed by atoms with E-state index in [1.807, 2.05) is 6.07 Å². The molecule has 0 unspecified atom stereocenters. The molecule has 5 nitrogen and oxygen atoms in total. The van der Waals surface area contributed by atoms with Gasteiger partial charge in [-0.25, -0.2) is 4.39 Å². The van der Waals surface area contributed by atoms with E-state index in [9.17, 15) is 14.4 Å². The molecule has 0 saturated heterocycles. The molecule has 4 rings (SSSR count). The molecule has 0 amide bonds. The van der Waals surface area contributed by atoms with E-state index in [2.05, 4.69) is 11.1 Å². The smallest absolute Gasteiger partial charge is 0.205 e. The Labute approximate surface area is 155 Å². The van der Waals surface area contributed by atoms with Crippen LogP contribution in [0.25, 0.3) is 11.1 Å². The number of ketones is 1. The van der Waals surface area contributed by atoms with E-state index in [1.165, 1.54) is 12.1 Å². The second-order valence-electron chi connectivity index (χ2n) is 6.55. The average molecular weight is 361 g/mol. The van der Waals surface area contributed by atoms with E-state index in [-0.39, 0.29) is 23.1 Å². The fourth-order valence-corrected chi connectivity index (χ4v) is 3.61. The van der Waals surface area contributed by atoms with E-state index in [0.29, 0.717) is 36.2 Å². The number of hydrogen-bond acceptors (Lipinski definition) is 5. The summed E-state index contributed by atoms with van der Waals surface area (Å²) in [6.07, 6.45) is 5.02. The van der Waals surface area contributed by atoms with Crippen molar-refractivity contribution >= 4 is 5.78 Å². The summed E-state index contributed by atoms with van der Waals surface area (Å²) in [5, 5.41) is 9.62. The minimum atomic E-state index is -0.598. The molecule has 6 heteroatoms. The molecule has 1 aromatic carbocycles. The summed E-state index contributed by atoms with van der Waals surface area (Å²) in [6.45, 7) is 0. The summed E-state index contributed by atoms with van der Waals surface area (Å²) >= 11 is 0. The summed E-state index contributed by atoms with van der Waals surface area (Å²) in [5.41, 5.74) is 8.90. The molecule has 1 aliphatic heterocycles. The number of carbonyl (C=O) groups is 1. The van der Waals surface area contributed by atoms with E-state index in [1.54, 1.807) is 24.5 Å². The molecule has 0 bridgehead atoms. The number of nitrogens with two attached hydrogens (primary N) is 1. The third-order valence-corrected chi connectivity index (χ3v) is 4.88. The molecule has 27 heavy (non-hydrogen) atoms. The van der Waals surface area contributed by atoms with Gasteiger partial charge in [0.05, 0.1) is 5.92 Å². The van der Waals surface area contributed by atoms with Crippen LogP contribution in [-0.4, -0.2) is 10.8 Å². The highest BCUT2D eigenvalue weighted by molar-refractivity contribution is 5.99. The second kappa shape index (κ2) is 6.69. The van der Waals surface area contributed by atoms with Crippen LogP contribution in [0.5, 0.6) is 0 Å². The van der Waals surface area contributed by atoms with Crippen molar-refractivity contribution in [3.63, 3.8) is 0 Å². The largest absolute Gasteiger partial charge is 0.444 e. The molecular weight excluding hydrogens is 345 g/mol. The van der Waals surface area contributed by atoms with Crippen molar-refractivity contribution in [1.29, 1.82) is 5.26 Å². The van der Waals surface area contributed by atoms with Crippen LogP contribution in [0, 0.1) is 17.1 Å². The summed E-state index contributed by atoms with van der Waals surface area (Å²) in [5.74, 6) is -0.381. The first-order chi connectivity index (χ1) is 13.1. The Balaban J connectivity index is 1.85. The maximum Gasteiger partial charge on any atom is 0.205 e. The van der Waals surface area contributed by atoms with Crippen LogP contribution in [0.3, 0.4) is 0 Å². The van der Waals surface area contributed by atoms with Gasteiger partial charge in [0.1, 0.15) is 23.2 Å². The van der Waals surface area contributed by atoms with Gasteiger partial charge >= 0.3 is 0 Å². The van der Waals surface area contributed by atoms with Crippen molar-refractivity contribution in [2.45, 2.75) is 25.2 Å². The summed E-state index contributed by atoms with van der Waals surface area (Å²) in [4.78, 5) is 16.9. The lowest BCUT2D eigenvalue weighted by Crippen LogP contribution is -2.27. The highest BCUT2D eigenvalue weighted by atomic mass is 19.1. The van der Waals surface area contributed by atoms with Crippen molar-refractivity contribution in [3.05, 3.63) is 76.9 Å². The Kier molecular flexibility index (Phi) is 4.21. The van der Waals surface area contributed by atoms with Crippen LogP contribution in [0.4, 0.5) is 4.39 Å². The highest BCUT2D eigenvalue weighted by Gasteiger charge is 2.38. The lowest BCUT2D eigenvalue weighted by Gasteiger charge is -2.30. The predicted molar refractivity (Wildman–Crippen MR) is 96.2 cm³/mol. The average Bonchev–Trinajstić information content (AvgIpc) is 2.68. The second-order valence-corrected chi connectivity index (χ2v) is 6.55. The number of hydrogen-bond donors (Lipinski definition) is 1. The van der Waals surface area contributed by atoms with Gasteiger partial charge in [0.15, 0.2) is 5.78 Å². The standard InChI is InChI=1S/C21H16FN3O2/c22-15-6-4-12(5-7-15)13-8-14(11-25-10-13)19-16(9-23)21(24)27-18-3-1-2-17(26)20(18)19/h4-8,10-11,19H,1-3,24H2/t19-/m0/s1. The van der Waals surface area contributed by atoms with Gasteiger partial charge in [-0.15, -0.1) is 0 Å². The van der Waals surface area contributed by atoms with Crippen LogP contribution in [0.2, 0.25) is 0 Å². The lowest BCUT2D eigenvalue weighted by molar-refractivity contribution is -0.116. The molecule has 134 valence electrons. The van der Waals surface area contributed by atoms with Gasteiger partial charge in [-0.1, -0.05) is 12.1 Å². The minimum Gasteiger partial charge on any atom is -0.444 e. The molecule has 2 aliphatic rings. The van der Waals surface area contributed by atoms with Crippen LogP contribution in [0.15, 0.2) is 65.5 Å². The lowest BCUT2D eigenvalue weighted by atomic mass is 9.78. The third-order valence-electron chi connectivity index (χ3n) is 4.88. The monoisotopic (exact) mass is 361 g/mol. The molecular formula is C21H16FN3O2. The normalized spacial score (nSPS) is 19.4. The summed E-state index contributed by atoms with van der Waals surface area (Å²) < 4.78 is 18.8. The zero-order valence-corrected chi connectivity index (χ0v) is 14.4. The zero-order chi connectivity index (χ0) is 19.0. The highest BCUT2D eigenvalue weighted by Crippen LogP contribution is 2.43. The van der Waals surface area contributed by atoms with Gasteiger partial charge in [0.25, 0.3) is 0 Å². The molecule has 0 saturated carbocycles. The van der Waals surface area contributed by atoms with Crippen molar-refractivity contribution in [1.82, 2.24) is 4.98 Å². The Morgan fingerprint density at radius 2 is 1.96 bits per heavy atom. The first-order valence-corrected chi connectivity index (χ1v) is 8.63. The van der Waals surface area contributed by atoms with Gasteiger partial charge in [0.2, 0.25) is 5.88 Å².